The molecule has 0 aliphatic heterocycles. The second-order valence-electron chi connectivity index (χ2n) is 5.00. The monoisotopic (exact) mass is 352 g/mol. The highest BCUT2D eigenvalue weighted by molar-refractivity contribution is 5.75. The maximum Gasteiger partial charge on any atom is 0.303 e. The fourth-order valence-corrected chi connectivity index (χ4v) is 1.45. The summed E-state index contributed by atoms with van der Waals surface area (Å²) >= 11 is 0. The van der Waals surface area contributed by atoms with Gasteiger partial charge in [-0.2, -0.15) is 0 Å². The van der Waals surface area contributed by atoms with E-state index < -0.39 is 17.9 Å². The molecule has 0 aromatic rings. The van der Waals surface area contributed by atoms with Gasteiger partial charge in [0.15, 0.2) is 0 Å². The van der Waals surface area contributed by atoms with Crippen molar-refractivity contribution in [1.82, 2.24) is 0 Å². The summed E-state index contributed by atoms with van der Waals surface area (Å²) in [5, 5.41) is 39.4. The summed E-state index contributed by atoms with van der Waals surface area (Å²) in [5.74, 6) is -2.82. The maximum atomic E-state index is 10.1. The van der Waals surface area contributed by atoms with E-state index in [1.54, 1.807) is 0 Å². The second-order valence-corrected chi connectivity index (χ2v) is 5.00. The molecule has 8 nitrogen and oxygen atoms in total. The average molecular weight is 352 g/mol. The van der Waals surface area contributed by atoms with E-state index in [4.69, 9.17) is 25.5 Å². The van der Waals surface area contributed by atoms with Crippen LogP contribution < -0.4 is 0 Å². The van der Waals surface area contributed by atoms with Crippen LogP contribution in [0.1, 0.15) is 71.1 Å². The van der Waals surface area contributed by atoms with Gasteiger partial charge in [0.2, 0.25) is 0 Å². The normalized spacial score (nSPS) is 9.12. The van der Waals surface area contributed by atoms with Gasteiger partial charge in [-0.25, -0.2) is 0 Å². The van der Waals surface area contributed by atoms with Crippen LogP contribution in [-0.2, 0) is 14.4 Å². The first-order chi connectivity index (χ1) is 11.3. The average Bonchev–Trinajstić information content (AvgIpc) is 2.52. The van der Waals surface area contributed by atoms with Gasteiger partial charge in [-0.3, -0.25) is 14.4 Å². The third kappa shape index (κ3) is 42.8. The Morgan fingerprint density at radius 2 is 0.917 bits per heavy atom. The van der Waals surface area contributed by atoms with E-state index in [9.17, 15) is 14.4 Å². The predicted octanol–water partition coefficient (Wildman–Crippen LogP) is 2.12. The molecule has 0 aromatic carbocycles. The highest BCUT2D eigenvalue weighted by atomic mass is 16.4. The summed E-state index contributed by atoms with van der Waals surface area (Å²) < 4.78 is 0. The Kier molecular flexibility index (Phi) is 26.7. The van der Waals surface area contributed by atoms with Crippen LogP contribution in [0.15, 0.2) is 0 Å². The molecular formula is C16H32O8. The number of hydrogen-bond acceptors (Lipinski definition) is 5. The van der Waals surface area contributed by atoms with Crippen molar-refractivity contribution in [2.75, 3.05) is 13.2 Å². The highest BCUT2D eigenvalue weighted by Crippen LogP contribution is 2.07. The van der Waals surface area contributed by atoms with Crippen LogP contribution in [0.25, 0.3) is 0 Å². The molecule has 0 fully saturated rings. The van der Waals surface area contributed by atoms with Gasteiger partial charge in [0, 0.05) is 6.42 Å². The minimum atomic E-state index is -1.08. The van der Waals surface area contributed by atoms with Crippen molar-refractivity contribution in [3.8, 4) is 0 Å². The number of rotatable bonds is 12. The molecule has 8 heteroatoms. The third-order valence-electron chi connectivity index (χ3n) is 2.65. The number of hydrogen-bond donors (Lipinski definition) is 5. The van der Waals surface area contributed by atoms with Gasteiger partial charge in [-0.05, 0) is 6.42 Å². The summed E-state index contributed by atoms with van der Waals surface area (Å²) in [5.41, 5.74) is 0. The first kappa shape index (κ1) is 27.2. The smallest absolute Gasteiger partial charge is 0.303 e. The molecule has 0 unspecified atom stereocenters. The lowest BCUT2D eigenvalue weighted by Crippen LogP contribution is -2.00. The van der Waals surface area contributed by atoms with Crippen LogP contribution in [0, 0.1) is 0 Å². The molecule has 144 valence electrons. The number of unbranched alkanes of at least 4 members (excludes halogenated alkanes) is 6. The van der Waals surface area contributed by atoms with E-state index in [0.717, 1.165) is 12.8 Å². The van der Waals surface area contributed by atoms with Gasteiger partial charge < -0.3 is 25.5 Å². The van der Waals surface area contributed by atoms with Crippen LogP contribution >= 0.6 is 0 Å². The summed E-state index contributed by atoms with van der Waals surface area (Å²) in [6, 6.07) is 0. The number of carbonyl (C=O) groups is 3. The van der Waals surface area contributed by atoms with Gasteiger partial charge in [0.25, 0.3) is 0 Å². The largest absolute Gasteiger partial charge is 0.481 e. The van der Waals surface area contributed by atoms with E-state index >= 15 is 0 Å². The zero-order valence-electron chi connectivity index (χ0n) is 14.4. The molecule has 0 aliphatic carbocycles. The molecule has 5 N–H and O–H groups in total. The van der Waals surface area contributed by atoms with Crippen LogP contribution in [0.3, 0.4) is 0 Å². The van der Waals surface area contributed by atoms with E-state index in [1.807, 2.05) is 0 Å². The molecule has 0 spiro atoms. The summed E-state index contributed by atoms with van der Waals surface area (Å²) in [7, 11) is 0. The Balaban J connectivity index is -0.000000316. The minimum Gasteiger partial charge on any atom is -0.481 e. The number of aliphatic hydroxyl groups is 2. The van der Waals surface area contributed by atoms with Gasteiger partial charge in [0.1, 0.15) is 0 Å². The van der Waals surface area contributed by atoms with Crippen LogP contribution in [-0.4, -0.2) is 56.7 Å². The van der Waals surface area contributed by atoms with Gasteiger partial charge in [-0.15, -0.1) is 0 Å². The molecule has 0 saturated heterocycles. The Morgan fingerprint density at radius 3 is 1.21 bits per heavy atom. The summed E-state index contributed by atoms with van der Waals surface area (Å²) in [6.07, 6.45) is 8.05. The predicted molar refractivity (Wildman–Crippen MR) is 88.9 cm³/mol. The molecule has 0 heterocycles. The second kappa shape index (κ2) is 23.6. The minimum absolute atomic E-state index is 0.125. The SMILES string of the molecule is CCCCCCCCCC(=O)O.O=C(O)CCC(=O)O.OCCO. The number of carboxylic acids is 3. The van der Waals surface area contributed by atoms with E-state index in [0.29, 0.717) is 6.42 Å². The Labute approximate surface area is 143 Å². The highest BCUT2D eigenvalue weighted by Gasteiger charge is 2.00. The van der Waals surface area contributed by atoms with Crippen molar-refractivity contribution in [2.24, 2.45) is 0 Å². The lowest BCUT2D eigenvalue weighted by molar-refractivity contribution is -0.143. The molecule has 0 aromatic heterocycles. The third-order valence-corrected chi connectivity index (χ3v) is 2.65. The lowest BCUT2D eigenvalue weighted by atomic mass is 10.1. The molecule has 0 atom stereocenters. The van der Waals surface area contributed by atoms with Crippen molar-refractivity contribution < 1.29 is 39.9 Å². The molecule has 0 saturated carbocycles. The van der Waals surface area contributed by atoms with Crippen LogP contribution in [0.2, 0.25) is 0 Å². The van der Waals surface area contributed by atoms with Crippen LogP contribution in [0.4, 0.5) is 0 Å². The van der Waals surface area contributed by atoms with Crippen molar-refractivity contribution in [2.45, 2.75) is 71.1 Å². The Hall–Kier alpha value is -1.67. The fraction of sp³-hybridized carbons (Fsp3) is 0.812. The lowest BCUT2D eigenvalue weighted by Gasteiger charge is -1.98. The van der Waals surface area contributed by atoms with Crippen molar-refractivity contribution in [3.05, 3.63) is 0 Å². The molecule has 0 rings (SSSR count). The zero-order chi connectivity index (χ0) is 19.2. The van der Waals surface area contributed by atoms with E-state index in [2.05, 4.69) is 6.92 Å². The first-order valence-corrected chi connectivity index (χ1v) is 8.18. The molecule has 0 aliphatic rings. The maximum absolute atomic E-state index is 10.1. The Morgan fingerprint density at radius 1 is 0.583 bits per heavy atom. The van der Waals surface area contributed by atoms with Crippen molar-refractivity contribution >= 4 is 17.9 Å². The number of aliphatic carboxylic acids is 3. The van der Waals surface area contributed by atoms with Gasteiger partial charge in [-0.1, -0.05) is 45.4 Å². The summed E-state index contributed by atoms with van der Waals surface area (Å²) in [4.78, 5) is 29.4. The molecule has 0 amide bonds. The van der Waals surface area contributed by atoms with Gasteiger partial charge >= 0.3 is 17.9 Å². The standard InChI is InChI=1S/C10H20O2.C4H6O4.C2H6O2/c1-2-3-4-5-6-7-8-9-10(11)12;5-3(6)1-2-4(7)8;3-1-2-4/h2-9H2,1H3,(H,11,12);1-2H2,(H,5,6)(H,7,8);3-4H,1-2H2. The quantitative estimate of drug-likeness (QED) is 0.335. The Bertz CT molecular complexity index is 288. The van der Waals surface area contributed by atoms with Crippen molar-refractivity contribution in [3.63, 3.8) is 0 Å². The van der Waals surface area contributed by atoms with Gasteiger partial charge in [0.05, 0.1) is 26.1 Å². The van der Waals surface area contributed by atoms with E-state index in [-0.39, 0.29) is 26.1 Å². The van der Waals surface area contributed by atoms with Crippen LogP contribution in [0.5, 0.6) is 0 Å². The van der Waals surface area contributed by atoms with Crippen molar-refractivity contribution in [1.29, 1.82) is 0 Å². The summed E-state index contributed by atoms with van der Waals surface area (Å²) in [6.45, 7) is 1.95. The molecule has 0 radical (unpaired) electrons. The zero-order valence-corrected chi connectivity index (χ0v) is 14.4. The van der Waals surface area contributed by atoms with E-state index in [1.165, 1.54) is 32.1 Å². The number of aliphatic hydroxyl groups excluding tert-OH is 2. The number of carboxylic acid groups (broad SMARTS) is 3. The molecule has 24 heavy (non-hydrogen) atoms. The topological polar surface area (TPSA) is 152 Å². The molecule has 0 bridgehead atoms. The molecular weight excluding hydrogens is 320 g/mol. The fourth-order valence-electron chi connectivity index (χ4n) is 1.45. The first-order valence-electron chi connectivity index (χ1n) is 8.18.